The van der Waals surface area contributed by atoms with E-state index in [2.05, 4.69) is 0 Å². The van der Waals surface area contributed by atoms with Crippen LogP contribution < -0.4 is 4.90 Å². The molecule has 0 fully saturated rings. The number of anilines is 1. The predicted molar refractivity (Wildman–Crippen MR) is 62.2 cm³/mol. The molecule has 0 unspecified atom stereocenters. The zero-order valence-electron chi connectivity index (χ0n) is 9.49. The van der Waals surface area contributed by atoms with E-state index in [0.29, 0.717) is 25.1 Å². The topological polar surface area (TPSA) is 43.7 Å². The van der Waals surface area contributed by atoms with Crippen LogP contribution in [0, 0.1) is 5.82 Å². The van der Waals surface area contributed by atoms with Crippen molar-refractivity contribution in [2.24, 2.45) is 0 Å². The average Bonchev–Trinajstić information content (AvgIpc) is 2.29. The summed E-state index contributed by atoms with van der Waals surface area (Å²) < 4.78 is 13.3. The number of halogens is 1. The smallest absolute Gasteiger partial charge is 0.126 e. The summed E-state index contributed by atoms with van der Waals surface area (Å²) in [6, 6.07) is 4.86. The number of aryl methyl sites for hydroxylation is 1. The lowest BCUT2D eigenvalue weighted by atomic mass is 10.1. The van der Waals surface area contributed by atoms with Crippen molar-refractivity contribution in [2.45, 2.75) is 13.3 Å². The molecule has 1 aromatic carbocycles. The third-order valence-electron chi connectivity index (χ3n) is 2.52. The Hall–Kier alpha value is -1.13. The Balaban J connectivity index is 2.90. The van der Waals surface area contributed by atoms with Crippen molar-refractivity contribution in [3.05, 3.63) is 29.6 Å². The van der Waals surface area contributed by atoms with Gasteiger partial charge in [-0.25, -0.2) is 4.39 Å². The molecular formula is C12H18FNO2. The van der Waals surface area contributed by atoms with E-state index in [1.165, 1.54) is 6.07 Å². The minimum atomic E-state index is -0.209. The maximum atomic E-state index is 13.3. The highest BCUT2D eigenvalue weighted by Gasteiger charge is 2.08. The fourth-order valence-electron chi connectivity index (χ4n) is 1.64. The van der Waals surface area contributed by atoms with Crippen LogP contribution in [0.1, 0.15) is 12.5 Å². The first-order valence-electron chi connectivity index (χ1n) is 5.48. The third-order valence-corrected chi connectivity index (χ3v) is 2.52. The Bertz CT molecular complexity index is 325. The van der Waals surface area contributed by atoms with Crippen LogP contribution in [0.5, 0.6) is 0 Å². The molecule has 1 rings (SSSR count). The monoisotopic (exact) mass is 227 g/mol. The van der Waals surface area contributed by atoms with Gasteiger partial charge in [0.2, 0.25) is 0 Å². The van der Waals surface area contributed by atoms with Crippen molar-refractivity contribution in [1.29, 1.82) is 0 Å². The van der Waals surface area contributed by atoms with E-state index >= 15 is 0 Å². The fraction of sp³-hybridized carbons (Fsp3) is 0.500. The van der Waals surface area contributed by atoms with Crippen LogP contribution in [0.2, 0.25) is 0 Å². The third kappa shape index (κ3) is 3.18. The van der Waals surface area contributed by atoms with Crippen LogP contribution in [-0.4, -0.2) is 36.5 Å². The van der Waals surface area contributed by atoms with Crippen LogP contribution in [0.3, 0.4) is 0 Å². The van der Waals surface area contributed by atoms with E-state index in [9.17, 15) is 4.39 Å². The summed E-state index contributed by atoms with van der Waals surface area (Å²) in [5.41, 5.74) is 1.49. The first kappa shape index (κ1) is 12.9. The number of aliphatic hydroxyl groups excluding tert-OH is 2. The molecule has 4 heteroatoms. The molecule has 0 amide bonds. The molecule has 0 radical (unpaired) electrons. The number of benzene rings is 1. The Kier molecular flexibility index (Phi) is 5.22. The number of hydrogen-bond acceptors (Lipinski definition) is 3. The molecule has 2 N–H and O–H groups in total. The number of nitrogens with zero attached hydrogens (tertiary/aromatic N) is 1. The minimum absolute atomic E-state index is 0.0127. The normalized spacial score (nSPS) is 10.5. The first-order chi connectivity index (χ1) is 7.72. The van der Waals surface area contributed by atoms with E-state index in [1.807, 2.05) is 11.8 Å². The van der Waals surface area contributed by atoms with Gasteiger partial charge in [-0.1, -0.05) is 6.92 Å². The van der Waals surface area contributed by atoms with Gasteiger partial charge in [0.1, 0.15) is 5.82 Å². The van der Waals surface area contributed by atoms with Crippen LogP contribution in [0.4, 0.5) is 10.1 Å². The van der Waals surface area contributed by atoms with E-state index in [0.717, 1.165) is 5.69 Å². The van der Waals surface area contributed by atoms with E-state index in [1.54, 1.807) is 12.1 Å². The predicted octanol–water partition coefficient (Wildman–Crippen LogP) is 1.18. The molecule has 0 aliphatic heterocycles. The molecule has 0 bridgehead atoms. The highest BCUT2D eigenvalue weighted by molar-refractivity contribution is 5.49. The van der Waals surface area contributed by atoms with Gasteiger partial charge >= 0.3 is 0 Å². The fourth-order valence-corrected chi connectivity index (χ4v) is 1.64. The Labute approximate surface area is 95.1 Å². The van der Waals surface area contributed by atoms with Gasteiger partial charge in [0.25, 0.3) is 0 Å². The highest BCUT2D eigenvalue weighted by Crippen LogP contribution is 2.19. The summed E-state index contributed by atoms with van der Waals surface area (Å²) >= 11 is 0. The lowest BCUT2D eigenvalue weighted by molar-refractivity contribution is 0.281. The number of rotatable bonds is 6. The van der Waals surface area contributed by atoms with Gasteiger partial charge in [-0.15, -0.1) is 0 Å². The summed E-state index contributed by atoms with van der Waals surface area (Å²) in [6.07, 6.45) is 0.631. The Morgan fingerprint density at radius 2 is 1.81 bits per heavy atom. The molecule has 0 aliphatic rings. The van der Waals surface area contributed by atoms with Gasteiger partial charge in [0.05, 0.1) is 13.2 Å². The Morgan fingerprint density at radius 3 is 2.31 bits per heavy atom. The highest BCUT2D eigenvalue weighted by atomic mass is 19.1. The van der Waals surface area contributed by atoms with Gasteiger partial charge < -0.3 is 15.1 Å². The SMILES string of the molecule is CCc1cc(N(CCO)CCO)ccc1F. The van der Waals surface area contributed by atoms with Gasteiger partial charge in [-0.05, 0) is 30.2 Å². The second kappa shape index (κ2) is 6.45. The molecule has 0 atom stereocenters. The lowest BCUT2D eigenvalue weighted by Gasteiger charge is -2.23. The van der Waals surface area contributed by atoms with Crippen LogP contribution in [0.25, 0.3) is 0 Å². The van der Waals surface area contributed by atoms with Crippen molar-refractivity contribution >= 4 is 5.69 Å². The quantitative estimate of drug-likeness (QED) is 0.767. The summed E-state index contributed by atoms with van der Waals surface area (Å²) in [6.45, 7) is 2.80. The van der Waals surface area contributed by atoms with Gasteiger partial charge in [-0.2, -0.15) is 0 Å². The largest absolute Gasteiger partial charge is 0.395 e. The molecule has 0 saturated carbocycles. The molecule has 90 valence electrons. The average molecular weight is 227 g/mol. The Morgan fingerprint density at radius 1 is 1.19 bits per heavy atom. The van der Waals surface area contributed by atoms with E-state index in [-0.39, 0.29) is 19.0 Å². The molecule has 0 aliphatic carbocycles. The van der Waals surface area contributed by atoms with E-state index < -0.39 is 0 Å². The molecule has 16 heavy (non-hydrogen) atoms. The van der Waals surface area contributed by atoms with Crippen LogP contribution in [-0.2, 0) is 6.42 Å². The lowest BCUT2D eigenvalue weighted by Crippen LogP contribution is -2.29. The second-order valence-electron chi connectivity index (χ2n) is 3.56. The van der Waals surface area contributed by atoms with Crippen molar-refractivity contribution in [1.82, 2.24) is 0 Å². The van der Waals surface area contributed by atoms with Crippen molar-refractivity contribution in [3.8, 4) is 0 Å². The summed E-state index contributed by atoms with van der Waals surface area (Å²) in [7, 11) is 0. The first-order valence-corrected chi connectivity index (χ1v) is 5.48. The number of hydrogen-bond donors (Lipinski definition) is 2. The van der Waals surface area contributed by atoms with Gasteiger partial charge in [0, 0.05) is 18.8 Å². The molecule has 0 aromatic heterocycles. The van der Waals surface area contributed by atoms with Gasteiger partial charge in [-0.3, -0.25) is 0 Å². The zero-order valence-corrected chi connectivity index (χ0v) is 9.49. The number of aliphatic hydroxyl groups is 2. The zero-order chi connectivity index (χ0) is 12.0. The van der Waals surface area contributed by atoms with E-state index in [4.69, 9.17) is 10.2 Å². The second-order valence-corrected chi connectivity index (χ2v) is 3.56. The summed E-state index contributed by atoms with van der Waals surface area (Å²) in [5, 5.41) is 17.8. The van der Waals surface area contributed by atoms with Crippen LogP contribution >= 0.6 is 0 Å². The summed E-state index contributed by atoms with van der Waals surface area (Å²) in [4.78, 5) is 1.83. The molecule has 0 spiro atoms. The van der Waals surface area contributed by atoms with Crippen molar-refractivity contribution in [3.63, 3.8) is 0 Å². The molecule has 0 saturated heterocycles. The van der Waals surface area contributed by atoms with Gasteiger partial charge in [0.15, 0.2) is 0 Å². The maximum Gasteiger partial charge on any atom is 0.126 e. The molecule has 0 heterocycles. The minimum Gasteiger partial charge on any atom is -0.395 e. The van der Waals surface area contributed by atoms with Crippen LogP contribution in [0.15, 0.2) is 18.2 Å². The van der Waals surface area contributed by atoms with Crippen molar-refractivity contribution in [2.75, 3.05) is 31.2 Å². The molecule has 3 nitrogen and oxygen atoms in total. The van der Waals surface area contributed by atoms with Crippen molar-refractivity contribution < 1.29 is 14.6 Å². The summed E-state index contributed by atoms with van der Waals surface area (Å²) in [5.74, 6) is -0.209. The standard InChI is InChI=1S/C12H18FNO2/c1-2-10-9-11(3-4-12(10)13)14(5-7-15)6-8-16/h3-4,9,15-16H,2,5-8H2,1H3. The molecule has 1 aromatic rings. The molecular weight excluding hydrogens is 209 g/mol. The maximum absolute atomic E-state index is 13.3.